The summed E-state index contributed by atoms with van der Waals surface area (Å²) in [5.41, 5.74) is 0. The average Bonchev–Trinajstić information content (AvgIpc) is 3.26. The monoisotopic (exact) mass is 283 g/mol. The Balaban J connectivity index is 1.65. The molecular weight excluding hydrogens is 258 g/mol. The van der Waals surface area contributed by atoms with Gasteiger partial charge in [-0.05, 0) is 44.9 Å². The average molecular weight is 283 g/mol. The third-order valence-corrected chi connectivity index (χ3v) is 5.82. The predicted molar refractivity (Wildman–Crippen MR) is 78.8 cm³/mol. The molecule has 4 heteroatoms. The number of hydrogen-bond acceptors (Lipinski definition) is 2. The van der Waals surface area contributed by atoms with Gasteiger partial charge in [0.25, 0.3) is 0 Å². The van der Waals surface area contributed by atoms with Gasteiger partial charge in [-0.3, -0.25) is 9.52 Å². The maximum Gasteiger partial charge on any atom is 0.235 e. The number of allylic oxidation sites excluding steroid dienone is 2. The van der Waals surface area contributed by atoms with Gasteiger partial charge in [-0.1, -0.05) is 31.9 Å². The first-order chi connectivity index (χ1) is 9.07. The van der Waals surface area contributed by atoms with Crippen LogP contribution in [0.2, 0.25) is 0 Å². The van der Waals surface area contributed by atoms with Crippen LogP contribution in [0.4, 0.5) is 0 Å². The molecule has 2 saturated carbocycles. The van der Waals surface area contributed by atoms with E-state index in [1.54, 1.807) is 0 Å². The summed E-state index contributed by atoms with van der Waals surface area (Å²) in [6.07, 6.45) is 12.1. The normalized spacial score (nSPS) is 29.2. The van der Waals surface area contributed by atoms with E-state index in [1.165, 1.54) is 19.3 Å². The Kier molecular flexibility index (Phi) is 4.82. The van der Waals surface area contributed by atoms with Crippen LogP contribution in [0.15, 0.2) is 12.2 Å². The quantitative estimate of drug-likeness (QED) is 0.549. The highest BCUT2D eigenvalue weighted by atomic mass is 32.2. The Morgan fingerprint density at radius 3 is 2.79 bits per heavy atom. The van der Waals surface area contributed by atoms with Crippen LogP contribution in [-0.4, -0.2) is 14.9 Å². The van der Waals surface area contributed by atoms with Crippen LogP contribution < -0.4 is 4.72 Å². The molecule has 2 fully saturated rings. The molecule has 0 aromatic carbocycles. The lowest BCUT2D eigenvalue weighted by Gasteiger charge is -2.09. The van der Waals surface area contributed by atoms with Gasteiger partial charge in [0.15, 0.2) is 0 Å². The molecule has 108 valence electrons. The zero-order valence-corrected chi connectivity index (χ0v) is 12.8. The number of rotatable bonds is 8. The van der Waals surface area contributed by atoms with E-state index in [1.807, 2.05) is 6.92 Å². The van der Waals surface area contributed by atoms with Gasteiger partial charge in [0, 0.05) is 5.92 Å². The summed E-state index contributed by atoms with van der Waals surface area (Å²) in [4.78, 5) is 11.9. The second kappa shape index (κ2) is 6.21. The minimum atomic E-state index is -1.19. The smallest absolute Gasteiger partial charge is 0.235 e. The summed E-state index contributed by atoms with van der Waals surface area (Å²) >= 11 is 0. The summed E-state index contributed by atoms with van der Waals surface area (Å²) in [5, 5.41) is 0. The third kappa shape index (κ3) is 4.16. The van der Waals surface area contributed by atoms with Crippen LogP contribution in [0, 0.1) is 11.8 Å². The van der Waals surface area contributed by atoms with Crippen LogP contribution in [-0.2, 0) is 15.8 Å². The molecule has 2 aliphatic carbocycles. The Labute approximate surface area is 118 Å². The van der Waals surface area contributed by atoms with Crippen LogP contribution >= 0.6 is 0 Å². The molecule has 0 aromatic rings. The van der Waals surface area contributed by atoms with Crippen molar-refractivity contribution < 1.29 is 9.00 Å². The maximum atomic E-state index is 11.9. The summed E-state index contributed by atoms with van der Waals surface area (Å²) in [5.74, 6) is 0.425. The van der Waals surface area contributed by atoms with E-state index in [4.69, 9.17) is 0 Å². The van der Waals surface area contributed by atoms with Crippen molar-refractivity contribution in [1.29, 1.82) is 0 Å². The third-order valence-electron chi connectivity index (χ3n) is 4.13. The number of hydrogen-bond donors (Lipinski definition) is 1. The Morgan fingerprint density at radius 2 is 2.16 bits per heavy atom. The van der Waals surface area contributed by atoms with E-state index in [2.05, 4.69) is 23.8 Å². The van der Waals surface area contributed by atoms with Crippen molar-refractivity contribution in [1.82, 2.24) is 4.72 Å². The molecule has 2 rings (SSSR count). The first-order valence-electron chi connectivity index (χ1n) is 7.46. The van der Waals surface area contributed by atoms with E-state index < -0.39 is 11.0 Å². The highest BCUT2D eigenvalue weighted by Gasteiger charge is 2.47. The summed E-state index contributed by atoms with van der Waals surface area (Å²) in [6.45, 7) is 4.17. The van der Waals surface area contributed by atoms with Crippen molar-refractivity contribution in [2.75, 3.05) is 0 Å². The maximum absolute atomic E-state index is 11.9. The molecule has 0 aliphatic heterocycles. The fraction of sp³-hybridized carbons (Fsp3) is 0.800. The molecule has 3 unspecified atom stereocenters. The Hall–Kier alpha value is -0.640. The van der Waals surface area contributed by atoms with Crippen molar-refractivity contribution in [2.24, 2.45) is 11.8 Å². The number of unbranched alkanes of at least 4 members (excludes halogenated alkanes) is 3. The molecule has 1 amide bonds. The zero-order chi connectivity index (χ0) is 13.9. The van der Waals surface area contributed by atoms with Crippen molar-refractivity contribution in [2.45, 2.75) is 63.5 Å². The molecule has 3 nitrogen and oxygen atoms in total. The van der Waals surface area contributed by atoms with E-state index in [9.17, 15) is 9.00 Å². The van der Waals surface area contributed by atoms with Gasteiger partial charge in [0.1, 0.15) is 11.0 Å². The lowest BCUT2D eigenvalue weighted by atomic mass is 10.2. The molecule has 0 radical (unpaired) electrons. The molecule has 0 bridgehead atoms. The van der Waals surface area contributed by atoms with Gasteiger partial charge in [-0.15, -0.1) is 0 Å². The molecule has 2 aliphatic rings. The molecule has 0 saturated heterocycles. The highest BCUT2D eigenvalue weighted by Crippen LogP contribution is 2.42. The highest BCUT2D eigenvalue weighted by molar-refractivity contribution is 7.85. The van der Waals surface area contributed by atoms with E-state index in [-0.39, 0.29) is 16.6 Å². The summed E-state index contributed by atoms with van der Waals surface area (Å²) in [6, 6.07) is 0. The fourth-order valence-electron chi connectivity index (χ4n) is 2.16. The minimum Gasteiger partial charge on any atom is -0.274 e. The molecular formula is C15H25NO2S. The van der Waals surface area contributed by atoms with Crippen molar-refractivity contribution >= 4 is 16.9 Å². The largest absolute Gasteiger partial charge is 0.274 e. The zero-order valence-electron chi connectivity index (χ0n) is 12.0. The van der Waals surface area contributed by atoms with Gasteiger partial charge >= 0.3 is 0 Å². The standard InChI is InChI=1S/C15H25NO2S/c1-3-4-5-6-7-8-12-11-13(12)14(17)16-19(18)15(2)9-10-15/h7-8,12-13H,3-6,9-11H2,1-2H3,(H,16,17)/b8-7-. The predicted octanol–water partition coefficient (Wildman–Crippen LogP) is 3.09. The van der Waals surface area contributed by atoms with E-state index in [0.29, 0.717) is 5.92 Å². The van der Waals surface area contributed by atoms with Crippen LogP contribution in [0.5, 0.6) is 0 Å². The van der Waals surface area contributed by atoms with Gasteiger partial charge < -0.3 is 0 Å². The Bertz CT molecular complexity index is 388. The molecule has 3 atom stereocenters. The molecule has 0 aromatic heterocycles. The van der Waals surface area contributed by atoms with Gasteiger partial charge in [-0.2, -0.15) is 0 Å². The van der Waals surface area contributed by atoms with Crippen LogP contribution in [0.3, 0.4) is 0 Å². The van der Waals surface area contributed by atoms with Crippen molar-refractivity contribution in [3.8, 4) is 0 Å². The van der Waals surface area contributed by atoms with Crippen LogP contribution in [0.1, 0.15) is 58.8 Å². The van der Waals surface area contributed by atoms with E-state index >= 15 is 0 Å². The minimum absolute atomic E-state index is 0.0188. The van der Waals surface area contributed by atoms with Crippen LogP contribution in [0.25, 0.3) is 0 Å². The fourth-order valence-corrected chi connectivity index (χ4v) is 3.22. The second-order valence-electron chi connectivity index (χ2n) is 6.11. The van der Waals surface area contributed by atoms with E-state index in [0.717, 1.165) is 25.7 Å². The Morgan fingerprint density at radius 1 is 1.42 bits per heavy atom. The van der Waals surface area contributed by atoms with Gasteiger partial charge in [0.2, 0.25) is 5.91 Å². The van der Waals surface area contributed by atoms with Gasteiger partial charge in [0.05, 0.1) is 4.75 Å². The van der Waals surface area contributed by atoms with Crippen molar-refractivity contribution in [3.05, 3.63) is 12.2 Å². The first-order valence-corrected chi connectivity index (χ1v) is 8.61. The second-order valence-corrected chi connectivity index (χ2v) is 7.84. The molecule has 0 heterocycles. The van der Waals surface area contributed by atoms with Gasteiger partial charge in [-0.25, -0.2) is 4.21 Å². The molecule has 19 heavy (non-hydrogen) atoms. The molecule has 0 spiro atoms. The number of carbonyl (C=O) groups is 1. The molecule has 1 N–H and O–H groups in total. The van der Waals surface area contributed by atoms with Crippen molar-refractivity contribution in [3.63, 3.8) is 0 Å². The lowest BCUT2D eigenvalue weighted by Crippen LogP contribution is -2.34. The first kappa shape index (κ1) is 14.8. The lowest BCUT2D eigenvalue weighted by molar-refractivity contribution is -0.120. The summed E-state index contributed by atoms with van der Waals surface area (Å²) < 4.78 is 14.4. The topological polar surface area (TPSA) is 46.2 Å². The number of nitrogens with one attached hydrogen (secondary N) is 1. The number of carbonyl (C=O) groups excluding carboxylic acids is 1. The number of amides is 1. The SMILES string of the molecule is CCCCC/C=C\C1CC1C(=O)NS(=O)C1(C)CC1. The summed E-state index contributed by atoms with van der Waals surface area (Å²) in [7, 11) is -1.19.